The van der Waals surface area contributed by atoms with Crippen LogP contribution in [0, 0.1) is 0 Å². The van der Waals surface area contributed by atoms with Gasteiger partial charge in [-0.25, -0.2) is 0 Å². The van der Waals surface area contributed by atoms with E-state index in [0.29, 0.717) is 6.04 Å². The second-order valence-corrected chi connectivity index (χ2v) is 2.13. The third-order valence-corrected chi connectivity index (χ3v) is 1.27. The van der Waals surface area contributed by atoms with Gasteiger partial charge in [0.05, 0.1) is 0 Å². The average Bonchev–Trinajstić information content (AvgIpc) is 1.94. The Labute approximate surface area is 49.8 Å². The van der Waals surface area contributed by atoms with E-state index in [2.05, 4.69) is 17.5 Å². The number of nitrogens with one attached hydrogen (secondary N) is 1. The molecule has 0 aromatic rings. The van der Waals surface area contributed by atoms with E-state index in [0.717, 1.165) is 19.5 Å². The van der Waals surface area contributed by atoms with Crippen molar-refractivity contribution < 1.29 is 0 Å². The van der Waals surface area contributed by atoms with Crippen LogP contribution in [0.1, 0.15) is 6.42 Å². The molecule has 2 heteroatoms. The molecule has 0 bridgehead atoms. The van der Waals surface area contributed by atoms with Gasteiger partial charge in [-0.1, -0.05) is 12.2 Å². The van der Waals surface area contributed by atoms with Crippen molar-refractivity contribution in [3.63, 3.8) is 0 Å². The fraction of sp³-hybridized carbons (Fsp3) is 0.667. The van der Waals surface area contributed by atoms with Crippen molar-refractivity contribution in [3.05, 3.63) is 12.2 Å². The quantitative estimate of drug-likeness (QED) is 0.428. The van der Waals surface area contributed by atoms with Gasteiger partial charge in [-0.05, 0) is 6.42 Å². The first kappa shape index (κ1) is 5.79. The molecule has 3 N–H and O–H groups in total. The molecule has 1 heterocycles. The maximum atomic E-state index is 5.62. The minimum absolute atomic E-state index is 0.328. The first-order valence-electron chi connectivity index (χ1n) is 3.01. The number of hydrogen-bond donors (Lipinski definition) is 2. The highest BCUT2D eigenvalue weighted by Gasteiger charge is 1.99. The number of nitrogens with two attached hydrogens (primary N) is 1. The summed E-state index contributed by atoms with van der Waals surface area (Å²) in [7, 11) is 0. The Hall–Kier alpha value is -0.340. The molecule has 8 heavy (non-hydrogen) atoms. The largest absolute Gasteiger partial charge is 0.326 e. The van der Waals surface area contributed by atoms with Gasteiger partial charge in [0.1, 0.15) is 0 Å². The third kappa shape index (κ3) is 1.64. The SMILES string of the molecule is N[C@H]1CC=CCNC1. The highest BCUT2D eigenvalue weighted by atomic mass is 14.9. The lowest BCUT2D eigenvalue weighted by Crippen LogP contribution is -2.31. The summed E-state index contributed by atoms with van der Waals surface area (Å²) < 4.78 is 0. The summed E-state index contributed by atoms with van der Waals surface area (Å²) >= 11 is 0. The van der Waals surface area contributed by atoms with Crippen LogP contribution >= 0.6 is 0 Å². The van der Waals surface area contributed by atoms with Crippen molar-refractivity contribution in [2.45, 2.75) is 12.5 Å². The van der Waals surface area contributed by atoms with Gasteiger partial charge in [0.25, 0.3) is 0 Å². The monoisotopic (exact) mass is 112 g/mol. The van der Waals surface area contributed by atoms with Gasteiger partial charge in [0, 0.05) is 19.1 Å². The highest BCUT2D eigenvalue weighted by Crippen LogP contribution is 1.91. The zero-order valence-electron chi connectivity index (χ0n) is 4.93. The molecule has 1 rings (SSSR count). The van der Waals surface area contributed by atoms with E-state index in [1.807, 2.05) is 0 Å². The van der Waals surface area contributed by atoms with Crippen LogP contribution in [0.15, 0.2) is 12.2 Å². The summed E-state index contributed by atoms with van der Waals surface area (Å²) in [4.78, 5) is 0. The van der Waals surface area contributed by atoms with Crippen LogP contribution < -0.4 is 11.1 Å². The Morgan fingerprint density at radius 1 is 1.50 bits per heavy atom. The van der Waals surface area contributed by atoms with Crippen molar-refractivity contribution in [2.75, 3.05) is 13.1 Å². The first-order valence-corrected chi connectivity index (χ1v) is 3.01. The molecule has 0 aromatic heterocycles. The standard InChI is InChI=1S/C6H12N2/c7-6-3-1-2-4-8-5-6/h1-2,6,8H,3-5,7H2/t6-/m0/s1. The van der Waals surface area contributed by atoms with Crippen molar-refractivity contribution in [1.82, 2.24) is 5.32 Å². The summed E-state index contributed by atoms with van der Waals surface area (Å²) in [6, 6.07) is 0.328. The minimum Gasteiger partial charge on any atom is -0.326 e. The maximum Gasteiger partial charge on any atom is 0.0200 e. The molecule has 0 aromatic carbocycles. The Morgan fingerprint density at radius 3 is 3.25 bits per heavy atom. The van der Waals surface area contributed by atoms with Crippen molar-refractivity contribution >= 4 is 0 Å². The summed E-state index contributed by atoms with van der Waals surface area (Å²) in [5.74, 6) is 0. The molecule has 2 nitrogen and oxygen atoms in total. The lowest BCUT2D eigenvalue weighted by molar-refractivity contribution is 0.622. The first-order chi connectivity index (χ1) is 3.89. The van der Waals surface area contributed by atoms with Gasteiger partial charge in [-0.15, -0.1) is 0 Å². The number of rotatable bonds is 0. The van der Waals surface area contributed by atoms with Crippen molar-refractivity contribution in [3.8, 4) is 0 Å². The Bertz CT molecular complexity index is 88.5. The van der Waals surface area contributed by atoms with Crippen LogP contribution in [-0.2, 0) is 0 Å². The average molecular weight is 112 g/mol. The van der Waals surface area contributed by atoms with E-state index in [-0.39, 0.29) is 0 Å². The van der Waals surface area contributed by atoms with Crippen LogP contribution in [0.2, 0.25) is 0 Å². The molecule has 0 unspecified atom stereocenters. The molecular weight excluding hydrogens is 100 g/mol. The summed E-state index contributed by atoms with van der Waals surface area (Å²) in [6.45, 7) is 1.93. The van der Waals surface area contributed by atoms with Gasteiger partial charge >= 0.3 is 0 Å². The molecule has 0 fully saturated rings. The lowest BCUT2D eigenvalue weighted by Gasteiger charge is -2.04. The lowest BCUT2D eigenvalue weighted by atomic mass is 10.2. The molecular formula is C6H12N2. The van der Waals surface area contributed by atoms with Crippen LogP contribution in [0.4, 0.5) is 0 Å². The van der Waals surface area contributed by atoms with Crippen molar-refractivity contribution in [2.24, 2.45) is 5.73 Å². The smallest absolute Gasteiger partial charge is 0.0200 e. The van der Waals surface area contributed by atoms with Crippen molar-refractivity contribution in [1.29, 1.82) is 0 Å². The molecule has 0 aliphatic carbocycles. The summed E-state index contributed by atoms with van der Waals surface area (Å²) in [6.07, 6.45) is 5.27. The molecule has 1 atom stereocenters. The van der Waals surface area contributed by atoms with Gasteiger partial charge in [0.2, 0.25) is 0 Å². The molecule has 0 radical (unpaired) electrons. The predicted molar refractivity (Wildman–Crippen MR) is 34.6 cm³/mol. The molecule has 0 saturated carbocycles. The van der Waals surface area contributed by atoms with Gasteiger partial charge in [-0.2, -0.15) is 0 Å². The Morgan fingerprint density at radius 2 is 2.38 bits per heavy atom. The van der Waals surface area contributed by atoms with Crippen LogP contribution in [0.25, 0.3) is 0 Å². The van der Waals surface area contributed by atoms with E-state index in [9.17, 15) is 0 Å². The summed E-state index contributed by atoms with van der Waals surface area (Å²) in [5, 5.41) is 3.19. The van der Waals surface area contributed by atoms with Crippen LogP contribution in [-0.4, -0.2) is 19.1 Å². The van der Waals surface area contributed by atoms with E-state index in [1.165, 1.54) is 0 Å². The maximum absolute atomic E-state index is 5.62. The Balaban J connectivity index is 2.30. The fourth-order valence-electron chi connectivity index (χ4n) is 0.790. The van der Waals surface area contributed by atoms with Gasteiger partial charge in [0.15, 0.2) is 0 Å². The second kappa shape index (κ2) is 2.84. The molecule has 0 amide bonds. The van der Waals surface area contributed by atoms with E-state index < -0.39 is 0 Å². The van der Waals surface area contributed by atoms with E-state index in [4.69, 9.17) is 5.73 Å². The third-order valence-electron chi connectivity index (χ3n) is 1.27. The zero-order valence-corrected chi connectivity index (χ0v) is 4.93. The molecule has 0 saturated heterocycles. The Kier molecular flexibility index (Phi) is 2.06. The summed E-state index contributed by atoms with van der Waals surface area (Å²) in [5.41, 5.74) is 5.62. The highest BCUT2D eigenvalue weighted by molar-refractivity contribution is 4.91. The van der Waals surface area contributed by atoms with E-state index >= 15 is 0 Å². The fourth-order valence-corrected chi connectivity index (χ4v) is 0.790. The molecule has 1 aliphatic rings. The topological polar surface area (TPSA) is 38.0 Å². The predicted octanol–water partition coefficient (Wildman–Crippen LogP) is -0.137. The zero-order chi connectivity index (χ0) is 5.82. The normalized spacial score (nSPS) is 29.9. The van der Waals surface area contributed by atoms with Crippen LogP contribution in [0.3, 0.4) is 0 Å². The van der Waals surface area contributed by atoms with Gasteiger partial charge < -0.3 is 11.1 Å². The van der Waals surface area contributed by atoms with Crippen LogP contribution in [0.5, 0.6) is 0 Å². The van der Waals surface area contributed by atoms with E-state index in [1.54, 1.807) is 0 Å². The second-order valence-electron chi connectivity index (χ2n) is 2.13. The minimum atomic E-state index is 0.328. The molecule has 0 spiro atoms. The molecule has 1 aliphatic heterocycles. The van der Waals surface area contributed by atoms with Gasteiger partial charge in [-0.3, -0.25) is 0 Å². The number of hydrogen-bond acceptors (Lipinski definition) is 2. The molecule has 46 valence electrons.